The van der Waals surface area contributed by atoms with Gasteiger partial charge in [-0.05, 0) is 57.0 Å². The average Bonchev–Trinajstić information content (AvgIpc) is 3.46. The second-order valence-corrected chi connectivity index (χ2v) is 11.2. The maximum absolute atomic E-state index is 13.3. The molecule has 0 N–H and O–H groups in total. The number of benzene rings is 2. The summed E-state index contributed by atoms with van der Waals surface area (Å²) in [5.41, 5.74) is 1.76. The zero-order chi connectivity index (χ0) is 23.4. The number of rotatable bonds is 9. The molecular formula is C24H28N2O5S2. The zero-order valence-electron chi connectivity index (χ0n) is 18.8. The normalized spacial score (nSPS) is 16.2. The highest BCUT2D eigenvalue weighted by molar-refractivity contribution is 7.91. The van der Waals surface area contributed by atoms with Crippen molar-refractivity contribution in [2.75, 3.05) is 30.4 Å². The van der Waals surface area contributed by atoms with Crippen LogP contribution in [0.5, 0.6) is 5.75 Å². The molecule has 1 saturated heterocycles. The molecule has 2 heterocycles. The molecule has 1 aromatic heterocycles. The highest BCUT2D eigenvalue weighted by Crippen LogP contribution is 2.33. The van der Waals surface area contributed by atoms with Crippen molar-refractivity contribution < 1.29 is 22.7 Å². The summed E-state index contributed by atoms with van der Waals surface area (Å²) in [5, 5.41) is 0.548. The SMILES string of the molecule is CCOc1ccc2nc(N(CC3CCCO3)C(=O)CCS(=O)(=O)c3ccc(C)cc3)sc2c1. The third-order valence-corrected chi connectivity index (χ3v) is 8.34. The fourth-order valence-corrected chi connectivity index (χ4v) is 6.01. The first kappa shape index (κ1) is 23.7. The summed E-state index contributed by atoms with van der Waals surface area (Å²) in [6.45, 7) is 5.43. The molecule has 0 aliphatic carbocycles. The maximum Gasteiger partial charge on any atom is 0.229 e. The summed E-state index contributed by atoms with van der Waals surface area (Å²) in [5.74, 6) is 0.225. The number of carbonyl (C=O) groups is 1. The Hall–Kier alpha value is -2.49. The second kappa shape index (κ2) is 10.2. The Labute approximate surface area is 198 Å². The molecule has 1 aliphatic rings. The first-order valence-electron chi connectivity index (χ1n) is 11.1. The maximum atomic E-state index is 13.3. The molecule has 1 amide bonds. The van der Waals surface area contributed by atoms with Crippen molar-refractivity contribution in [2.45, 2.75) is 44.1 Å². The Morgan fingerprint density at radius 3 is 2.73 bits per heavy atom. The van der Waals surface area contributed by atoms with Crippen LogP contribution in [-0.4, -0.2) is 50.9 Å². The van der Waals surface area contributed by atoms with Gasteiger partial charge in [-0.1, -0.05) is 29.0 Å². The smallest absolute Gasteiger partial charge is 0.229 e. The quantitative estimate of drug-likeness (QED) is 0.444. The molecule has 1 fully saturated rings. The van der Waals surface area contributed by atoms with Gasteiger partial charge in [0.1, 0.15) is 5.75 Å². The molecule has 1 aliphatic heterocycles. The molecule has 0 bridgehead atoms. The minimum Gasteiger partial charge on any atom is -0.494 e. The van der Waals surface area contributed by atoms with Crippen molar-refractivity contribution in [3.05, 3.63) is 48.0 Å². The van der Waals surface area contributed by atoms with Crippen LogP contribution in [0.25, 0.3) is 10.2 Å². The molecule has 2 aromatic carbocycles. The lowest BCUT2D eigenvalue weighted by Crippen LogP contribution is -2.38. The molecule has 4 rings (SSSR count). The number of thiazole rings is 1. The fourth-order valence-electron chi connectivity index (χ4n) is 3.76. The molecular weight excluding hydrogens is 460 g/mol. The first-order chi connectivity index (χ1) is 15.9. The Bertz CT molecular complexity index is 1220. The van der Waals surface area contributed by atoms with Crippen molar-refractivity contribution in [2.24, 2.45) is 0 Å². The lowest BCUT2D eigenvalue weighted by atomic mass is 10.2. The Morgan fingerprint density at radius 2 is 2.03 bits per heavy atom. The van der Waals surface area contributed by atoms with Crippen molar-refractivity contribution in [1.29, 1.82) is 0 Å². The number of aromatic nitrogens is 1. The lowest BCUT2D eigenvalue weighted by molar-refractivity contribution is -0.118. The molecule has 1 unspecified atom stereocenters. The van der Waals surface area contributed by atoms with E-state index in [9.17, 15) is 13.2 Å². The van der Waals surface area contributed by atoms with E-state index in [0.29, 0.717) is 24.9 Å². The summed E-state index contributed by atoms with van der Waals surface area (Å²) in [6, 6.07) is 12.3. The molecule has 1 atom stereocenters. The average molecular weight is 489 g/mol. The highest BCUT2D eigenvalue weighted by Gasteiger charge is 2.27. The number of nitrogens with zero attached hydrogens (tertiary/aromatic N) is 2. The predicted octanol–water partition coefficient (Wildman–Crippen LogP) is 4.38. The van der Waals surface area contributed by atoms with E-state index < -0.39 is 9.84 Å². The number of amides is 1. The van der Waals surface area contributed by atoms with Crippen LogP contribution in [0, 0.1) is 6.92 Å². The van der Waals surface area contributed by atoms with Gasteiger partial charge in [0.2, 0.25) is 5.91 Å². The molecule has 0 radical (unpaired) electrons. The van der Waals surface area contributed by atoms with Crippen LogP contribution in [0.3, 0.4) is 0 Å². The van der Waals surface area contributed by atoms with E-state index >= 15 is 0 Å². The minimum absolute atomic E-state index is 0.0753. The standard InChI is InChI=1S/C24H28N2O5S2/c1-3-30-18-8-11-21-22(15-18)32-24(25-21)26(16-19-5-4-13-31-19)23(27)12-14-33(28,29)20-9-6-17(2)7-10-20/h6-11,15,19H,3-5,12-14,16H2,1-2H3. The number of carbonyl (C=O) groups excluding carboxylic acids is 1. The largest absolute Gasteiger partial charge is 0.494 e. The van der Waals surface area contributed by atoms with Crippen molar-refractivity contribution >= 4 is 42.4 Å². The summed E-state index contributed by atoms with van der Waals surface area (Å²) in [7, 11) is -3.56. The summed E-state index contributed by atoms with van der Waals surface area (Å²) < 4.78 is 37.8. The minimum atomic E-state index is -3.56. The van der Waals surface area contributed by atoms with Crippen LogP contribution >= 0.6 is 11.3 Å². The Morgan fingerprint density at radius 1 is 1.24 bits per heavy atom. The van der Waals surface area contributed by atoms with E-state index in [1.807, 2.05) is 32.0 Å². The van der Waals surface area contributed by atoms with Gasteiger partial charge in [-0.3, -0.25) is 9.69 Å². The lowest BCUT2D eigenvalue weighted by Gasteiger charge is -2.23. The van der Waals surface area contributed by atoms with Gasteiger partial charge in [-0.15, -0.1) is 0 Å². The van der Waals surface area contributed by atoms with Gasteiger partial charge in [0.05, 0.1) is 40.1 Å². The molecule has 7 nitrogen and oxygen atoms in total. The van der Waals surface area contributed by atoms with Crippen molar-refractivity contribution in [3.8, 4) is 5.75 Å². The molecule has 0 saturated carbocycles. The van der Waals surface area contributed by atoms with Crippen LogP contribution in [0.2, 0.25) is 0 Å². The molecule has 9 heteroatoms. The zero-order valence-corrected chi connectivity index (χ0v) is 20.5. The number of sulfone groups is 1. The third kappa shape index (κ3) is 5.72. The molecule has 33 heavy (non-hydrogen) atoms. The Kier molecular flexibility index (Phi) is 7.31. The van der Waals surface area contributed by atoms with Crippen LogP contribution < -0.4 is 9.64 Å². The van der Waals surface area contributed by atoms with Crippen LogP contribution in [0.4, 0.5) is 5.13 Å². The van der Waals surface area contributed by atoms with Crippen LogP contribution in [0.1, 0.15) is 31.7 Å². The van der Waals surface area contributed by atoms with Gasteiger partial charge < -0.3 is 9.47 Å². The van der Waals surface area contributed by atoms with E-state index in [4.69, 9.17) is 9.47 Å². The topological polar surface area (TPSA) is 85.8 Å². The van der Waals surface area contributed by atoms with Crippen LogP contribution in [0.15, 0.2) is 47.4 Å². The number of ether oxygens (including phenoxy) is 2. The predicted molar refractivity (Wildman–Crippen MR) is 130 cm³/mol. The Balaban J connectivity index is 1.55. The molecule has 176 valence electrons. The third-order valence-electron chi connectivity index (χ3n) is 5.57. The van der Waals surface area contributed by atoms with Gasteiger partial charge in [0.25, 0.3) is 0 Å². The van der Waals surface area contributed by atoms with Gasteiger partial charge in [-0.25, -0.2) is 13.4 Å². The van der Waals surface area contributed by atoms with E-state index in [1.54, 1.807) is 29.2 Å². The number of fused-ring (bicyclic) bond motifs is 1. The monoisotopic (exact) mass is 488 g/mol. The summed E-state index contributed by atoms with van der Waals surface area (Å²) >= 11 is 1.40. The second-order valence-electron chi connectivity index (χ2n) is 8.08. The van der Waals surface area contributed by atoms with Gasteiger partial charge >= 0.3 is 0 Å². The van der Waals surface area contributed by atoms with Gasteiger partial charge in [0, 0.05) is 13.0 Å². The van der Waals surface area contributed by atoms with Crippen molar-refractivity contribution in [3.63, 3.8) is 0 Å². The number of hydrogen-bond acceptors (Lipinski definition) is 7. The number of anilines is 1. The van der Waals surface area contributed by atoms with Crippen molar-refractivity contribution in [1.82, 2.24) is 4.98 Å². The fraction of sp³-hybridized carbons (Fsp3) is 0.417. The summed E-state index contributed by atoms with van der Waals surface area (Å²) in [6.07, 6.45) is 1.62. The molecule has 0 spiro atoms. The number of hydrogen-bond donors (Lipinski definition) is 0. The number of aryl methyl sites for hydroxylation is 1. The van der Waals surface area contributed by atoms with E-state index in [0.717, 1.165) is 34.4 Å². The van der Waals surface area contributed by atoms with E-state index in [-0.39, 0.29) is 29.1 Å². The van der Waals surface area contributed by atoms with Crippen LogP contribution in [-0.2, 0) is 19.4 Å². The van der Waals surface area contributed by atoms with E-state index in [1.165, 1.54) is 11.3 Å². The van der Waals surface area contributed by atoms with E-state index in [2.05, 4.69) is 4.98 Å². The van der Waals surface area contributed by atoms with Gasteiger partial charge in [0.15, 0.2) is 15.0 Å². The highest BCUT2D eigenvalue weighted by atomic mass is 32.2. The summed E-state index contributed by atoms with van der Waals surface area (Å²) in [4.78, 5) is 19.7. The molecule has 3 aromatic rings. The first-order valence-corrected chi connectivity index (χ1v) is 13.6. The van der Waals surface area contributed by atoms with Gasteiger partial charge in [-0.2, -0.15) is 0 Å².